The highest BCUT2D eigenvalue weighted by molar-refractivity contribution is 7.96. The fraction of sp³-hybridized carbons (Fsp3) is 0.167. The van der Waals surface area contributed by atoms with Gasteiger partial charge in [0, 0.05) is 10.6 Å². The summed E-state index contributed by atoms with van der Waals surface area (Å²) in [7, 11) is -8.16. The molecule has 0 radical (unpaired) electrons. The summed E-state index contributed by atoms with van der Waals surface area (Å²) >= 11 is 6.44. The molecule has 0 aliphatic carbocycles. The Morgan fingerprint density at radius 3 is 2.07 bits per heavy atom. The minimum Gasteiger partial charge on any atom is -0.222 e. The first kappa shape index (κ1) is 20.9. The normalized spacial score (nSPS) is 12.5. The molecule has 0 atom stereocenters. The van der Waals surface area contributed by atoms with E-state index in [-0.39, 0.29) is 14.8 Å². The van der Waals surface area contributed by atoms with Gasteiger partial charge in [0.15, 0.2) is 14.0 Å². The van der Waals surface area contributed by atoms with Gasteiger partial charge in [0.1, 0.15) is 16.4 Å². The van der Waals surface area contributed by atoms with Crippen LogP contribution in [0.1, 0.15) is 13.8 Å². The van der Waals surface area contributed by atoms with Crippen molar-refractivity contribution in [2.24, 2.45) is 0 Å². The summed E-state index contributed by atoms with van der Waals surface area (Å²) in [4.78, 5) is -0.513. The predicted molar refractivity (Wildman–Crippen MR) is 107 cm³/mol. The molecule has 0 saturated carbocycles. The molecule has 1 heterocycles. The van der Waals surface area contributed by atoms with Crippen molar-refractivity contribution in [3.63, 3.8) is 0 Å². The quantitative estimate of drug-likeness (QED) is 0.556. The maximum atomic E-state index is 13.3. The largest absolute Gasteiger partial charge is 0.222 e. The van der Waals surface area contributed by atoms with E-state index in [2.05, 4.69) is 4.37 Å². The molecular formula is C18H15ClFNO4S3. The third-order valence-electron chi connectivity index (χ3n) is 4.01. The Bertz CT molecular complexity index is 1220. The number of hydrogen-bond donors (Lipinski definition) is 0. The van der Waals surface area contributed by atoms with E-state index in [0.717, 1.165) is 12.1 Å². The molecule has 3 rings (SSSR count). The van der Waals surface area contributed by atoms with Crippen molar-refractivity contribution in [1.29, 1.82) is 0 Å². The van der Waals surface area contributed by atoms with Crippen molar-refractivity contribution in [3.8, 4) is 11.3 Å². The van der Waals surface area contributed by atoms with Gasteiger partial charge in [-0.25, -0.2) is 21.2 Å². The minimum atomic E-state index is -4.23. The van der Waals surface area contributed by atoms with Gasteiger partial charge in [-0.3, -0.25) is 0 Å². The van der Waals surface area contributed by atoms with Crippen LogP contribution in [0.2, 0.25) is 5.02 Å². The van der Waals surface area contributed by atoms with Crippen LogP contribution >= 0.6 is 23.1 Å². The molecule has 0 unspecified atom stereocenters. The molecule has 10 heteroatoms. The van der Waals surface area contributed by atoms with Gasteiger partial charge in [-0.15, -0.1) is 0 Å². The van der Waals surface area contributed by atoms with E-state index in [1.54, 1.807) is 0 Å². The zero-order chi connectivity index (χ0) is 20.7. The summed E-state index contributed by atoms with van der Waals surface area (Å²) < 4.78 is 69.4. The Morgan fingerprint density at radius 2 is 1.54 bits per heavy atom. The second-order valence-corrected chi connectivity index (χ2v) is 12.0. The minimum absolute atomic E-state index is 0.0285. The lowest BCUT2D eigenvalue weighted by Crippen LogP contribution is -2.16. The lowest BCUT2D eigenvalue weighted by molar-refractivity contribution is 0.580. The maximum Gasteiger partial charge on any atom is 0.210 e. The van der Waals surface area contributed by atoms with Crippen molar-refractivity contribution in [2.75, 3.05) is 0 Å². The topological polar surface area (TPSA) is 81.2 Å². The van der Waals surface area contributed by atoms with E-state index in [4.69, 9.17) is 11.6 Å². The maximum absolute atomic E-state index is 13.3. The highest BCUT2D eigenvalue weighted by Gasteiger charge is 2.36. The second kappa shape index (κ2) is 7.55. The first-order chi connectivity index (χ1) is 13.0. The van der Waals surface area contributed by atoms with Crippen LogP contribution in [0.15, 0.2) is 62.5 Å². The number of aromatic nitrogens is 1. The van der Waals surface area contributed by atoms with Gasteiger partial charge in [-0.05, 0) is 73.9 Å². The predicted octanol–water partition coefficient (Wildman–Crippen LogP) is 4.62. The van der Waals surface area contributed by atoms with Crippen LogP contribution in [0.4, 0.5) is 4.39 Å². The number of sulfone groups is 2. The molecule has 0 fully saturated rings. The lowest BCUT2D eigenvalue weighted by atomic mass is 10.1. The van der Waals surface area contributed by atoms with E-state index in [1.807, 2.05) is 0 Å². The van der Waals surface area contributed by atoms with Crippen molar-refractivity contribution in [1.82, 2.24) is 4.37 Å². The number of hydrogen-bond acceptors (Lipinski definition) is 6. The molecule has 1 aromatic heterocycles. The van der Waals surface area contributed by atoms with E-state index < -0.39 is 35.6 Å². The molecule has 0 N–H and O–H groups in total. The van der Waals surface area contributed by atoms with Crippen molar-refractivity contribution < 1.29 is 21.2 Å². The molecule has 148 valence electrons. The Balaban J connectivity index is 2.34. The molecule has 0 spiro atoms. The van der Waals surface area contributed by atoms with Crippen LogP contribution in [-0.2, 0) is 19.7 Å². The summed E-state index contributed by atoms with van der Waals surface area (Å²) in [6, 6.07) is 10.4. The van der Waals surface area contributed by atoms with Crippen molar-refractivity contribution in [2.45, 2.75) is 33.1 Å². The smallest absolute Gasteiger partial charge is 0.210 e. The van der Waals surface area contributed by atoms with Gasteiger partial charge in [-0.1, -0.05) is 11.6 Å². The summed E-state index contributed by atoms with van der Waals surface area (Å²) in [5, 5.41) is -0.496. The van der Waals surface area contributed by atoms with Crippen LogP contribution in [0.5, 0.6) is 0 Å². The number of rotatable bonds is 5. The fourth-order valence-corrected chi connectivity index (χ4v) is 7.53. The summed E-state index contributed by atoms with van der Waals surface area (Å²) in [5.41, 5.74) is 0.273. The van der Waals surface area contributed by atoms with Crippen LogP contribution < -0.4 is 0 Å². The molecule has 5 nitrogen and oxygen atoms in total. The number of benzene rings is 2. The Hall–Kier alpha value is -1.81. The molecule has 0 bridgehead atoms. The van der Waals surface area contributed by atoms with Crippen molar-refractivity contribution in [3.05, 3.63) is 59.4 Å². The van der Waals surface area contributed by atoms with Gasteiger partial charge in [0.05, 0.1) is 10.1 Å². The van der Waals surface area contributed by atoms with Gasteiger partial charge >= 0.3 is 0 Å². The first-order valence-electron chi connectivity index (χ1n) is 8.05. The zero-order valence-electron chi connectivity index (χ0n) is 14.8. The SMILES string of the molecule is CC(C)S(=O)(=O)c1snc(-c2ccc(F)cc2)c1S(=O)(=O)c1ccc(Cl)cc1. The van der Waals surface area contributed by atoms with Gasteiger partial charge < -0.3 is 0 Å². The first-order valence-corrected chi connectivity index (χ1v) is 12.2. The van der Waals surface area contributed by atoms with E-state index >= 15 is 0 Å². The third-order valence-corrected chi connectivity index (χ3v) is 9.87. The Morgan fingerprint density at radius 1 is 0.964 bits per heavy atom. The van der Waals surface area contributed by atoms with E-state index in [1.165, 1.54) is 50.2 Å². The monoisotopic (exact) mass is 459 g/mol. The zero-order valence-corrected chi connectivity index (χ0v) is 18.0. The average Bonchev–Trinajstić information content (AvgIpc) is 3.09. The molecular weight excluding hydrogens is 445 g/mol. The van der Waals surface area contributed by atoms with E-state index in [9.17, 15) is 21.2 Å². The Labute approximate surface area is 171 Å². The molecule has 0 aliphatic rings. The van der Waals surface area contributed by atoms with Gasteiger partial charge in [0.2, 0.25) is 9.84 Å². The summed E-state index contributed by atoms with van der Waals surface area (Å²) in [5.74, 6) is -0.504. The Kier molecular flexibility index (Phi) is 5.64. The molecule has 28 heavy (non-hydrogen) atoms. The lowest BCUT2D eigenvalue weighted by Gasteiger charge is -2.11. The van der Waals surface area contributed by atoms with Gasteiger partial charge in [-0.2, -0.15) is 4.37 Å². The van der Waals surface area contributed by atoms with Crippen molar-refractivity contribution >= 4 is 42.8 Å². The number of nitrogens with zero attached hydrogens (tertiary/aromatic N) is 1. The van der Waals surface area contributed by atoms with Crippen LogP contribution in [0.25, 0.3) is 11.3 Å². The molecule has 0 amide bonds. The van der Waals surface area contributed by atoms with Crippen LogP contribution in [-0.4, -0.2) is 26.5 Å². The standard InChI is InChI=1S/C18H15ClFNO4S3/c1-11(2)27(22,23)18-17(28(24,25)15-9-5-13(19)6-10-15)16(21-26-18)12-3-7-14(20)8-4-12/h3-11H,1-2H3. The second-order valence-electron chi connectivity index (χ2n) is 6.21. The highest BCUT2D eigenvalue weighted by Crippen LogP contribution is 2.40. The molecule has 0 saturated heterocycles. The van der Waals surface area contributed by atoms with Crippen LogP contribution in [0, 0.1) is 5.82 Å². The molecule has 2 aromatic carbocycles. The van der Waals surface area contributed by atoms with E-state index in [0.29, 0.717) is 22.1 Å². The highest BCUT2D eigenvalue weighted by atomic mass is 35.5. The van der Waals surface area contributed by atoms with Crippen LogP contribution in [0.3, 0.4) is 0 Å². The average molecular weight is 460 g/mol. The molecule has 3 aromatic rings. The van der Waals surface area contributed by atoms with Gasteiger partial charge in [0.25, 0.3) is 0 Å². The third kappa shape index (κ3) is 3.71. The summed E-state index contributed by atoms with van der Waals surface area (Å²) in [6.07, 6.45) is 0. The fourth-order valence-electron chi connectivity index (χ4n) is 2.42. The molecule has 0 aliphatic heterocycles. The summed E-state index contributed by atoms with van der Waals surface area (Å²) in [6.45, 7) is 2.93. The number of halogens is 2.